The monoisotopic (exact) mass is 307 g/mol. The summed E-state index contributed by atoms with van der Waals surface area (Å²) in [6.45, 7) is 0.885. The zero-order chi connectivity index (χ0) is 15.4. The third-order valence-electron chi connectivity index (χ3n) is 2.96. The van der Waals surface area contributed by atoms with Crippen LogP contribution in [0.3, 0.4) is 0 Å². The van der Waals surface area contributed by atoms with E-state index in [0.717, 1.165) is 11.3 Å². The van der Waals surface area contributed by atoms with Crippen LogP contribution in [0.5, 0.6) is 0 Å². The van der Waals surface area contributed by atoms with Gasteiger partial charge in [-0.15, -0.1) is 0 Å². The summed E-state index contributed by atoms with van der Waals surface area (Å²) in [4.78, 5) is 19.5. The Bertz CT molecular complexity index is 625. The summed E-state index contributed by atoms with van der Waals surface area (Å²) in [7, 11) is 5.35. The molecular weight excluding hydrogens is 290 g/mol. The Morgan fingerprint density at radius 1 is 1.33 bits per heavy atom. The number of oxazole rings is 1. The Labute approximate surface area is 129 Å². The fraction of sp³-hybridized carbons (Fsp3) is 0.333. The average Bonchev–Trinajstić information content (AvgIpc) is 2.86. The second-order valence-electron chi connectivity index (χ2n) is 5.11. The molecule has 0 N–H and O–H groups in total. The lowest BCUT2D eigenvalue weighted by atomic mass is 10.2. The number of likely N-dealkylation sites (N-methyl/N-ethyl adjacent to an activating group) is 2. The van der Waals surface area contributed by atoms with E-state index in [-0.39, 0.29) is 5.91 Å². The summed E-state index contributed by atoms with van der Waals surface area (Å²) in [5.41, 5.74) is 1.61. The van der Waals surface area contributed by atoms with Gasteiger partial charge in [0.05, 0.1) is 12.2 Å². The first-order valence-corrected chi connectivity index (χ1v) is 6.92. The van der Waals surface area contributed by atoms with E-state index in [9.17, 15) is 4.79 Å². The molecular formula is C15H18ClN3O2. The lowest BCUT2D eigenvalue weighted by Crippen LogP contribution is -2.34. The van der Waals surface area contributed by atoms with Crippen LogP contribution in [0.4, 0.5) is 0 Å². The third-order valence-corrected chi connectivity index (χ3v) is 3.19. The van der Waals surface area contributed by atoms with Crippen LogP contribution in [0.25, 0.3) is 11.5 Å². The molecule has 0 bridgehead atoms. The van der Waals surface area contributed by atoms with E-state index in [4.69, 9.17) is 16.0 Å². The van der Waals surface area contributed by atoms with Crippen molar-refractivity contribution in [3.8, 4) is 11.5 Å². The first-order valence-electron chi connectivity index (χ1n) is 6.54. The summed E-state index contributed by atoms with van der Waals surface area (Å²) in [5.74, 6) is 0.580. The molecule has 0 saturated carbocycles. The minimum absolute atomic E-state index is 0.0519. The minimum Gasteiger partial charge on any atom is -0.444 e. The lowest BCUT2D eigenvalue weighted by molar-refractivity contribution is -0.129. The molecule has 0 spiro atoms. The molecule has 1 aromatic carbocycles. The number of nitrogens with zero attached hydrogens (tertiary/aromatic N) is 3. The standard InChI is InChI=1S/C15H18ClN3O2/c1-18(2)14(20)9-19(3)8-13-10-21-15(17-13)11-5-4-6-12(16)7-11/h4-7,10H,8-9H2,1-3H3. The van der Waals surface area contributed by atoms with E-state index in [1.807, 2.05) is 24.1 Å². The molecule has 1 amide bonds. The predicted octanol–water partition coefficient (Wildman–Crippen LogP) is 2.52. The van der Waals surface area contributed by atoms with Gasteiger partial charge in [0, 0.05) is 31.2 Å². The van der Waals surface area contributed by atoms with E-state index in [2.05, 4.69) is 4.98 Å². The quantitative estimate of drug-likeness (QED) is 0.851. The van der Waals surface area contributed by atoms with Crippen LogP contribution < -0.4 is 0 Å². The fourth-order valence-electron chi connectivity index (χ4n) is 1.84. The van der Waals surface area contributed by atoms with Crippen molar-refractivity contribution >= 4 is 17.5 Å². The Balaban J connectivity index is 2.02. The van der Waals surface area contributed by atoms with Gasteiger partial charge in [-0.2, -0.15) is 0 Å². The summed E-state index contributed by atoms with van der Waals surface area (Å²) >= 11 is 5.95. The van der Waals surface area contributed by atoms with Gasteiger partial charge in [0.25, 0.3) is 0 Å². The zero-order valence-corrected chi connectivity index (χ0v) is 13.1. The highest BCUT2D eigenvalue weighted by molar-refractivity contribution is 6.30. The Morgan fingerprint density at radius 2 is 2.10 bits per heavy atom. The van der Waals surface area contributed by atoms with Crippen molar-refractivity contribution in [3.63, 3.8) is 0 Å². The van der Waals surface area contributed by atoms with Crippen molar-refractivity contribution in [1.29, 1.82) is 0 Å². The maximum absolute atomic E-state index is 11.6. The van der Waals surface area contributed by atoms with Crippen LogP contribution in [0.1, 0.15) is 5.69 Å². The topological polar surface area (TPSA) is 49.6 Å². The smallest absolute Gasteiger partial charge is 0.236 e. The van der Waals surface area contributed by atoms with Gasteiger partial charge in [-0.05, 0) is 25.2 Å². The van der Waals surface area contributed by atoms with Crippen LogP contribution in [0.15, 0.2) is 34.9 Å². The number of halogens is 1. The van der Waals surface area contributed by atoms with Gasteiger partial charge in [0.15, 0.2) is 0 Å². The normalized spacial score (nSPS) is 10.9. The van der Waals surface area contributed by atoms with Crippen LogP contribution in [0.2, 0.25) is 5.02 Å². The number of hydrogen-bond donors (Lipinski definition) is 0. The summed E-state index contributed by atoms with van der Waals surface area (Å²) in [6, 6.07) is 7.34. The number of rotatable bonds is 5. The molecule has 6 heteroatoms. The number of amides is 1. The SMILES string of the molecule is CN(CC(=O)N(C)C)Cc1coc(-c2cccc(Cl)c2)n1. The van der Waals surface area contributed by atoms with Crippen LogP contribution >= 0.6 is 11.6 Å². The maximum atomic E-state index is 11.6. The number of hydrogen-bond acceptors (Lipinski definition) is 4. The van der Waals surface area contributed by atoms with Crippen LogP contribution in [-0.4, -0.2) is 48.4 Å². The molecule has 21 heavy (non-hydrogen) atoms. The average molecular weight is 308 g/mol. The maximum Gasteiger partial charge on any atom is 0.236 e. The highest BCUT2D eigenvalue weighted by atomic mass is 35.5. The summed E-state index contributed by atoms with van der Waals surface area (Å²) in [5, 5.41) is 0.640. The first kappa shape index (κ1) is 15.5. The van der Waals surface area contributed by atoms with Crippen molar-refractivity contribution in [3.05, 3.63) is 41.2 Å². The van der Waals surface area contributed by atoms with E-state index in [1.54, 1.807) is 37.4 Å². The zero-order valence-electron chi connectivity index (χ0n) is 12.3. The van der Waals surface area contributed by atoms with Gasteiger partial charge < -0.3 is 9.32 Å². The molecule has 0 aliphatic carbocycles. The number of benzene rings is 1. The Kier molecular flexibility index (Phi) is 4.98. The van der Waals surface area contributed by atoms with Crippen molar-refractivity contribution in [2.45, 2.75) is 6.54 Å². The first-order chi connectivity index (χ1) is 9.95. The molecule has 2 rings (SSSR count). The molecule has 0 atom stereocenters. The molecule has 0 saturated heterocycles. The van der Waals surface area contributed by atoms with Gasteiger partial charge in [-0.3, -0.25) is 9.69 Å². The van der Waals surface area contributed by atoms with Crippen molar-refractivity contribution in [1.82, 2.24) is 14.8 Å². The van der Waals surface area contributed by atoms with E-state index >= 15 is 0 Å². The van der Waals surface area contributed by atoms with Crippen LogP contribution in [-0.2, 0) is 11.3 Å². The third kappa shape index (κ3) is 4.31. The molecule has 1 heterocycles. The molecule has 2 aromatic rings. The van der Waals surface area contributed by atoms with Crippen molar-refractivity contribution in [2.24, 2.45) is 0 Å². The molecule has 0 aliphatic heterocycles. The molecule has 5 nitrogen and oxygen atoms in total. The molecule has 112 valence electrons. The fourth-order valence-corrected chi connectivity index (χ4v) is 2.03. The molecule has 0 radical (unpaired) electrons. The number of carbonyl (C=O) groups excluding carboxylic acids is 1. The number of aromatic nitrogens is 1. The molecule has 0 aliphatic rings. The van der Waals surface area contributed by atoms with Gasteiger partial charge in [0.1, 0.15) is 6.26 Å². The second kappa shape index (κ2) is 6.74. The highest BCUT2D eigenvalue weighted by Crippen LogP contribution is 2.22. The minimum atomic E-state index is 0.0519. The van der Waals surface area contributed by atoms with Gasteiger partial charge in [-0.1, -0.05) is 17.7 Å². The van der Waals surface area contributed by atoms with E-state index in [1.165, 1.54) is 0 Å². The second-order valence-corrected chi connectivity index (χ2v) is 5.55. The summed E-state index contributed by atoms with van der Waals surface area (Å²) in [6.07, 6.45) is 1.60. The largest absolute Gasteiger partial charge is 0.444 e. The highest BCUT2D eigenvalue weighted by Gasteiger charge is 2.12. The Hall–Kier alpha value is -1.85. The molecule has 1 aromatic heterocycles. The van der Waals surface area contributed by atoms with Gasteiger partial charge in [-0.25, -0.2) is 4.98 Å². The summed E-state index contributed by atoms with van der Waals surface area (Å²) < 4.78 is 5.47. The molecule has 0 fully saturated rings. The molecule has 0 unspecified atom stereocenters. The van der Waals surface area contributed by atoms with E-state index < -0.39 is 0 Å². The van der Waals surface area contributed by atoms with E-state index in [0.29, 0.717) is 24.0 Å². The van der Waals surface area contributed by atoms with Gasteiger partial charge >= 0.3 is 0 Å². The van der Waals surface area contributed by atoms with Crippen LogP contribution in [0, 0.1) is 0 Å². The Morgan fingerprint density at radius 3 is 2.76 bits per heavy atom. The van der Waals surface area contributed by atoms with Crippen molar-refractivity contribution in [2.75, 3.05) is 27.7 Å². The van der Waals surface area contributed by atoms with Gasteiger partial charge in [0.2, 0.25) is 11.8 Å². The lowest BCUT2D eigenvalue weighted by Gasteiger charge is -2.17. The van der Waals surface area contributed by atoms with Crippen molar-refractivity contribution < 1.29 is 9.21 Å². The number of carbonyl (C=O) groups is 1. The predicted molar refractivity (Wildman–Crippen MR) is 82.0 cm³/mol.